The van der Waals surface area contributed by atoms with E-state index in [-0.39, 0.29) is 10.6 Å². The lowest BCUT2D eigenvalue weighted by Crippen LogP contribution is -2.16. The van der Waals surface area contributed by atoms with Gasteiger partial charge >= 0.3 is 0 Å². The molecule has 0 aliphatic heterocycles. The lowest BCUT2D eigenvalue weighted by atomic mass is 10.0. The molecule has 1 rings (SSSR count). The molecule has 0 aliphatic carbocycles. The zero-order chi connectivity index (χ0) is 12.8. The van der Waals surface area contributed by atoms with Crippen LogP contribution in [0.25, 0.3) is 0 Å². The number of benzene rings is 1. The third-order valence-electron chi connectivity index (χ3n) is 2.32. The molecule has 17 heavy (non-hydrogen) atoms. The second kappa shape index (κ2) is 7.01. The summed E-state index contributed by atoms with van der Waals surface area (Å²) in [4.78, 5) is 12.0. The smallest absolute Gasteiger partial charge is 0.183 e. The summed E-state index contributed by atoms with van der Waals surface area (Å²) in [6.07, 6.45) is 0.708. The molecule has 0 radical (unpaired) electrons. The van der Waals surface area contributed by atoms with Crippen LogP contribution in [0.5, 0.6) is 11.5 Å². The zero-order valence-corrected chi connectivity index (χ0v) is 12.9. The highest BCUT2D eigenvalue weighted by Crippen LogP contribution is 2.31. The summed E-state index contributed by atoms with van der Waals surface area (Å²) in [6.45, 7) is 0. The Kier molecular flexibility index (Phi) is 5.98. The van der Waals surface area contributed by atoms with Gasteiger partial charge in [0.15, 0.2) is 5.78 Å². The number of hydrogen-bond acceptors (Lipinski definition) is 3. The predicted octanol–water partition coefficient (Wildman–Crippen LogP) is 3.44. The van der Waals surface area contributed by atoms with Gasteiger partial charge in [0.05, 0.1) is 19.0 Å². The van der Waals surface area contributed by atoms with Crippen molar-refractivity contribution in [2.45, 2.75) is 11.2 Å². The van der Waals surface area contributed by atoms with Gasteiger partial charge in [-0.15, -0.1) is 0 Å². The molecule has 0 aromatic heterocycles. The van der Waals surface area contributed by atoms with Crippen molar-refractivity contribution in [2.24, 2.45) is 0 Å². The second-order valence-electron chi connectivity index (χ2n) is 3.35. The second-order valence-corrected chi connectivity index (χ2v) is 5.25. The molecular weight excluding hydrogens is 352 g/mol. The largest absolute Gasteiger partial charge is 0.496 e. The maximum atomic E-state index is 12.3. The molecule has 0 saturated carbocycles. The van der Waals surface area contributed by atoms with Crippen LogP contribution in [0.15, 0.2) is 18.2 Å². The molecule has 0 spiro atoms. The highest BCUT2D eigenvalue weighted by Gasteiger charge is 2.23. The number of hydrogen-bond donors (Lipinski definition) is 0. The Labute approximate surface area is 118 Å². The number of ether oxygens (including phenoxy) is 2. The van der Waals surface area contributed by atoms with Gasteiger partial charge in [0.1, 0.15) is 17.1 Å². The molecule has 1 aromatic carbocycles. The lowest BCUT2D eigenvalue weighted by molar-refractivity contribution is 0.0984. The Morgan fingerprint density at radius 3 is 2.24 bits per heavy atom. The maximum absolute atomic E-state index is 12.3. The van der Waals surface area contributed by atoms with E-state index in [2.05, 4.69) is 31.9 Å². The maximum Gasteiger partial charge on any atom is 0.183 e. The van der Waals surface area contributed by atoms with Crippen LogP contribution in [0.1, 0.15) is 16.8 Å². The van der Waals surface area contributed by atoms with E-state index in [0.717, 1.165) is 5.33 Å². The first-order valence-corrected chi connectivity index (χ1v) is 7.14. The fourth-order valence-electron chi connectivity index (χ4n) is 1.48. The molecule has 1 aromatic rings. The molecule has 0 bridgehead atoms. The summed E-state index contributed by atoms with van der Waals surface area (Å²) >= 11 is 6.69. The van der Waals surface area contributed by atoms with Gasteiger partial charge in [-0.25, -0.2) is 0 Å². The zero-order valence-electron chi connectivity index (χ0n) is 9.70. The number of halogens is 2. The molecule has 5 heteroatoms. The van der Waals surface area contributed by atoms with Crippen molar-refractivity contribution in [3.63, 3.8) is 0 Å². The van der Waals surface area contributed by atoms with Gasteiger partial charge in [0, 0.05) is 5.33 Å². The molecule has 1 unspecified atom stereocenters. The molecule has 94 valence electrons. The highest BCUT2D eigenvalue weighted by molar-refractivity contribution is 9.10. The van der Waals surface area contributed by atoms with Gasteiger partial charge in [-0.2, -0.15) is 0 Å². The highest BCUT2D eigenvalue weighted by atomic mass is 79.9. The molecule has 1 atom stereocenters. The van der Waals surface area contributed by atoms with E-state index in [1.54, 1.807) is 32.4 Å². The molecule has 0 fully saturated rings. The van der Waals surface area contributed by atoms with Crippen LogP contribution in [0.4, 0.5) is 0 Å². The van der Waals surface area contributed by atoms with Crippen LogP contribution in [-0.4, -0.2) is 30.2 Å². The van der Waals surface area contributed by atoms with Crippen molar-refractivity contribution >= 4 is 37.6 Å². The Hall–Kier alpha value is -0.550. The fraction of sp³-hybridized carbons (Fsp3) is 0.417. The molecule has 0 heterocycles. The van der Waals surface area contributed by atoms with Crippen molar-refractivity contribution < 1.29 is 14.3 Å². The topological polar surface area (TPSA) is 35.5 Å². The van der Waals surface area contributed by atoms with Gasteiger partial charge in [0.25, 0.3) is 0 Å². The van der Waals surface area contributed by atoms with Crippen LogP contribution in [0, 0.1) is 0 Å². The average Bonchev–Trinajstić information content (AvgIpc) is 2.37. The average molecular weight is 366 g/mol. The Morgan fingerprint density at radius 2 is 1.82 bits per heavy atom. The van der Waals surface area contributed by atoms with Gasteiger partial charge in [-0.3, -0.25) is 4.79 Å². The van der Waals surface area contributed by atoms with Crippen LogP contribution < -0.4 is 9.47 Å². The first-order valence-electron chi connectivity index (χ1n) is 5.11. The minimum Gasteiger partial charge on any atom is -0.496 e. The minimum absolute atomic E-state index is 0.0289. The summed E-state index contributed by atoms with van der Waals surface area (Å²) in [5.74, 6) is 1.04. The van der Waals surface area contributed by atoms with Crippen molar-refractivity contribution in [1.82, 2.24) is 0 Å². The summed E-state index contributed by atoms with van der Waals surface area (Å²) < 4.78 is 10.4. The number of carbonyl (C=O) groups excluding carboxylic acids is 1. The molecule has 3 nitrogen and oxygen atoms in total. The van der Waals surface area contributed by atoms with E-state index in [1.807, 2.05) is 0 Å². The van der Waals surface area contributed by atoms with Crippen molar-refractivity contribution in [3.05, 3.63) is 23.8 Å². The first-order chi connectivity index (χ1) is 8.15. The number of alkyl halides is 2. The molecule has 0 aliphatic rings. The van der Waals surface area contributed by atoms with Crippen LogP contribution in [0.3, 0.4) is 0 Å². The van der Waals surface area contributed by atoms with E-state index in [9.17, 15) is 4.79 Å². The Morgan fingerprint density at radius 1 is 1.29 bits per heavy atom. The minimum atomic E-state index is -0.243. The van der Waals surface area contributed by atoms with Crippen molar-refractivity contribution in [1.29, 1.82) is 0 Å². The third-order valence-corrected chi connectivity index (χ3v) is 3.65. The molecule has 0 N–H and O–H groups in total. The summed E-state index contributed by atoms with van der Waals surface area (Å²) in [5, 5.41) is 0.756. The van der Waals surface area contributed by atoms with E-state index in [4.69, 9.17) is 9.47 Å². The Bertz CT molecular complexity index is 371. The number of Topliss-reactive ketones (excluding diaryl/α,β-unsaturated/α-hetero) is 1. The van der Waals surface area contributed by atoms with E-state index >= 15 is 0 Å². The summed E-state index contributed by atoms with van der Waals surface area (Å²) in [5.41, 5.74) is 0.486. The van der Waals surface area contributed by atoms with E-state index in [0.29, 0.717) is 23.5 Å². The van der Waals surface area contributed by atoms with Crippen LogP contribution >= 0.6 is 31.9 Å². The van der Waals surface area contributed by atoms with Gasteiger partial charge in [-0.1, -0.05) is 37.9 Å². The van der Waals surface area contributed by atoms with Crippen LogP contribution in [0.2, 0.25) is 0 Å². The third kappa shape index (κ3) is 3.45. The normalized spacial score (nSPS) is 12.0. The summed E-state index contributed by atoms with van der Waals surface area (Å²) in [7, 11) is 3.08. The number of methoxy groups -OCH3 is 2. The number of carbonyl (C=O) groups is 1. The molecule has 0 saturated heterocycles. The van der Waals surface area contributed by atoms with Crippen LogP contribution in [-0.2, 0) is 0 Å². The predicted molar refractivity (Wildman–Crippen MR) is 75.0 cm³/mol. The molecule has 0 amide bonds. The first kappa shape index (κ1) is 14.5. The fourth-order valence-corrected chi connectivity index (χ4v) is 3.01. The quantitative estimate of drug-likeness (QED) is 0.572. The molecular formula is C12H14Br2O3. The number of ketones is 1. The van der Waals surface area contributed by atoms with Crippen molar-refractivity contribution in [3.8, 4) is 11.5 Å². The lowest BCUT2D eigenvalue weighted by Gasteiger charge is -2.14. The van der Waals surface area contributed by atoms with Crippen molar-refractivity contribution in [2.75, 3.05) is 19.5 Å². The standard InChI is InChI=1S/C12H14Br2O3/c1-16-9-4-3-5-10(17-2)11(9)12(15)8(14)6-7-13/h3-5,8H,6-7H2,1-2H3. The number of rotatable bonds is 6. The van der Waals surface area contributed by atoms with Gasteiger partial charge in [0.2, 0.25) is 0 Å². The summed E-state index contributed by atoms with van der Waals surface area (Å²) in [6, 6.07) is 5.30. The monoisotopic (exact) mass is 364 g/mol. The van der Waals surface area contributed by atoms with E-state index < -0.39 is 0 Å². The Balaban J connectivity index is 3.13. The SMILES string of the molecule is COc1cccc(OC)c1C(=O)C(Br)CCBr. The van der Waals surface area contributed by atoms with E-state index in [1.165, 1.54) is 0 Å². The van der Waals surface area contributed by atoms with Gasteiger partial charge < -0.3 is 9.47 Å². The van der Waals surface area contributed by atoms with Gasteiger partial charge in [-0.05, 0) is 18.6 Å².